The van der Waals surface area contributed by atoms with Gasteiger partial charge in [0.05, 0.1) is 0 Å². The largest absolute Gasteiger partial charge is 0.327 e. The Morgan fingerprint density at radius 1 is 1.21 bits per heavy atom. The van der Waals surface area contributed by atoms with Crippen LogP contribution in [-0.2, 0) is 0 Å². The second-order valence-electron chi connectivity index (χ2n) is 7.06. The molecule has 1 heterocycles. The van der Waals surface area contributed by atoms with Crippen molar-refractivity contribution >= 4 is 0 Å². The molecule has 112 valence electrons. The van der Waals surface area contributed by atoms with Crippen LogP contribution in [0.2, 0.25) is 0 Å². The molecule has 0 radical (unpaired) electrons. The third kappa shape index (κ3) is 4.17. The van der Waals surface area contributed by atoms with E-state index in [2.05, 4.69) is 30.8 Å². The van der Waals surface area contributed by atoms with Gasteiger partial charge in [-0.25, -0.2) is 0 Å². The summed E-state index contributed by atoms with van der Waals surface area (Å²) in [6, 6.07) is 1.21. The van der Waals surface area contributed by atoms with Crippen molar-refractivity contribution in [3.8, 4) is 0 Å². The van der Waals surface area contributed by atoms with Gasteiger partial charge in [-0.05, 0) is 58.2 Å². The zero-order valence-electron chi connectivity index (χ0n) is 13.1. The van der Waals surface area contributed by atoms with Crippen molar-refractivity contribution in [1.82, 2.24) is 9.80 Å². The Hall–Kier alpha value is -0.120. The first-order valence-corrected chi connectivity index (χ1v) is 8.24. The van der Waals surface area contributed by atoms with Gasteiger partial charge in [-0.2, -0.15) is 0 Å². The molecule has 0 aromatic rings. The molecule has 1 saturated carbocycles. The minimum absolute atomic E-state index is 0.450. The lowest BCUT2D eigenvalue weighted by Crippen LogP contribution is -2.43. The molecule has 2 fully saturated rings. The Morgan fingerprint density at radius 3 is 2.63 bits per heavy atom. The van der Waals surface area contributed by atoms with Gasteiger partial charge in [0.2, 0.25) is 0 Å². The molecular weight excluding hydrogens is 234 g/mol. The molecule has 1 aliphatic carbocycles. The molecule has 0 spiro atoms. The molecule has 4 unspecified atom stereocenters. The van der Waals surface area contributed by atoms with E-state index in [1.807, 2.05) is 0 Å². The Kier molecular flexibility index (Phi) is 5.67. The summed E-state index contributed by atoms with van der Waals surface area (Å²) in [4.78, 5) is 5.03. The smallest absolute Gasteiger partial charge is 0.0229 e. The van der Waals surface area contributed by atoms with E-state index in [9.17, 15) is 0 Å². The highest BCUT2D eigenvalue weighted by Crippen LogP contribution is 2.32. The SMILES string of the molecule is CCCC1CCC(N)C(CN2CCC(N(C)C)C2)C1. The number of hydrogen-bond acceptors (Lipinski definition) is 3. The van der Waals surface area contributed by atoms with Crippen molar-refractivity contribution in [3.05, 3.63) is 0 Å². The molecule has 19 heavy (non-hydrogen) atoms. The number of likely N-dealkylation sites (N-methyl/N-ethyl adjacent to an activating group) is 1. The van der Waals surface area contributed by atoms with Gasteiger partial charge in [0.15, 0.2) is 0 Å². The Balaban J connectivity index is 1.80. The summed E-state index contributed by atoms with van der Waals surface area (Å²) < 4.78 is 0. The maximum Gasteiger partial charge on any atom is 0.0229 e. The molecule has 0 aromatic heterocycles. The topological polar surface area (TPSA) is 32.5 Å². The molecule has 2 aliphatic rings. The molecule has 1 saturated heterocycles. The maximum absolute atomic E-state index is 6.37. The number of hydrogen-bond donors (Lipinski definition) is 1. The van der Waals surface area contributed by atoms with Crippen LogP contribution in [0.4, 0.5) is 0 Å². The Labute approximate surface area is 119 Å². The molecule has 0 amide bonds. The van der Waals surface area contributed by atoms with Gasteiger partial charge in [-0.3, -0.25) is 0 Å². The van der Waals surface area contributed by atoms with E-state index >= 15 is 0 Å². The van der Waals surface area contributed by atoms with Crippen LogP contribution in [0, 0.1) is 11.8 Å². The molecule has 1 aliphatic heterocycles. The summed E-state index contributed by atoms with van der Waals surface area (Å²) in [5.41, 5.74) is 6.37. The van der Waals surface area contributed by atoms with E-state index in [1.54, 1.807) is 0 Å². The summed E-state index contributed by atoms with van der Waals surface area (Å²) in [5, 5.41) is 0. The molecular formula is C16H33N3. The first-order chi connectivity index (χ1) is 9.10. The zero-order valence-corrected chi connectivity index (χ0v) is 13.1. The number of rotatable bonds is 5. The van der Waals surface area contributed by atoms with Gasteiger partial charge >= 0.3 is 0 Å². The van der Waals surface area contributed by atoms with Gasteiger partial charge in [0, 0.05) is 25.2 Å². The van der Waals surface area contributed by atoms with Crippen molar-refractivity contribution in [3.63, 3.8) is 0 Å². The van der Waals surface area contributed by atoms with Crippen molar-refractivity contribution in [2.45, 2.75) is 57.5 Å². The van der Waals surface area contributed by atoms with Crippen LogP contribution in [-0.4, -0.2) is 55.6 Å². The van der Waals surface area contributed by atoms with Crippen LogP contribution in [0.3, 0.4) is 0 Å². The van der Waals surface area contributed by atoms with Crippen molar-refractivity contribution < 1.29 is 0 Å². The molecule has 2 rings (SSSR count). The molecule has 0 bridgehead atoms. The highest BCUT2D eigenvalue weighted by Gasteiger charge is 2.31. The van der Waals surface area contributed by atoms with Crippen LogP contribution in [0.15, 0.2) is 0 Å². The second-order valence-corrected chi connectivity index (χ2v) is 7.06. The molecule has 3 nitrogen and oxygen atoms in total. The average Bonchev–Trinajstić information content (AvgIpc) is 2.82. The normalized spacial score (nSPS) is 37.1. The molecule has 2 N–H and O–H groups in total. The van der Waals surface area contributed by atoms with Crippen LogP contribution >= 0.6 is 0 Å². The minimum Gasteiger partial charge on any atom is -0.327 e. The summed E-state index contributed by atoms with van der Waals surface area (Å²) in [5.74, 6) is 1.69. The lowest BCUT2D eigenvalue weighted by Gasteiger charge is -2.36. The predicted molar refractivity (Wildman–Crippen MR) is 82.2 cm³/mol. The highest BCUT2D eigenvalue weighted by molar-refractivity contribution is 4.88. The third-order valence-corrected chi connectivity index (χ3v) is 5.32. The monoisotopic (exact) mass is 267 g/mol. The summed E-state index contributed by atoms with van der Waals surface area (Å²) in [6.07, 6.45) is 8.06. The van der Waals surface area contributed by atoms with E-state index in [-0.39, 0.29) is 0 Å². The van der Waals surface area contributed by atoms with Gasteiger partial charge in [-0.1, -0.05) is 19.8 Å². The van der Waals surface area contributed by atoms with E-state index in [0.717, 1.165) is 17.9 Å². The predicted octanol–water partition coefficient (Wildman–Crippen LogP) is 2.17. The van der Waals surface area contributed by atoms with Crippen molar-refractivity contribution in [1.29, 1.82) is 0 Å². The lowest BCUT2D eigenvalue weighted by atomic mass is 9.76. The summed E-state index contributed by atoms with van der Waals surface area (Å²) in [6.45, 7) is 6.07. The van der Waals surface area contributed by atoms with E-state index in [1.165, 1.54) is 58.2 Å². The zero-order chi connectivity index (χ0) is 13.8. The van der Waals surface area contributed by atoms with Gasteiger partial charge in [0.25, 0.3) is 0 Å². The number of likely N-dealkylation sites (tertiary alicyclic amines) is 1. The Morgan fingerprint density at radius 2 is 2.00 bits per heavy atom. The third-order valence-electron chi connectivity index (χ3n) is 5.32. The average molecular weight is 267 g/mol. The fourth-order valence-corrected chi connectivity index (χ4v) is 4.00. The van der Waals surface area contributed by atoms with Crippen LogP contribution < -0.4 is 5.73 Å². The van der Waals surface area contributed by atoms with Crippen LogP contribution in [0.5, 0.6) is 0 Å². The summed E-state index contributed by atoms with van der Waals surface area (Å²) >= 11 is 0. The van der Waals surface area contributed by atoms with Crippen molar-refractivity contribution in [2.24, 2.45) is 17.6 Å². The summed E-state index contributed by atoms with van der Waals surface area (Å²) in [7, 11) is 4.41. The number of nitrogens with zero attached hydrogens (tertiary/aromatic N) is 2. The second kappa shape index (κ2) is 7.05. The fourth-order valence-electron chi connectivity index (χ4n) is 4.00. The maximum atomic E-state index is 6.37. The minimum atomic E-state index is 0.450. The Bertz CT molecular complexity index is 267. The molecule has 0 aromatic carbocycles. The molecule has 3 heteroatoms. The first-order valence-electron chi connectivity index (χ1n) is 8.24. The number of nitrogens with two attached hydrogens (primary N) is 1. The molecule has 4 atom stereocenters. The van der Waals surface area contributed by atoms with E-state index in [4.69, 9.17) is 5.73 Å². The van der Waals surface area contributed by atoms with E-state index < -0.39 is 0 Å². The van der Waals surface area contributed by atoms with Gasteiger partial charge in [0.1, 0.15) is 0 Å². The van der Waals surface area contributed by atoms with Crippen LogP contribution in [0.1, 0.15) is 45.4 Å². The van der Waals surface area contributed by atoms with Crippen molar-refractivity contribution in [2.75, 3.05) is 33.7 Å². The van der Waals surface area contributed by atoms with E-state index in [0.29, 0.717) is 6.04 Å². The standard InChI is InChI=1S/C16H33N3/c1-4-5-13-6-7-16(17)14(10-13)11-19-9-8-15(12-19)18(2)3/h13-16H,4-12,17H2,1-3H3. The lowest BCUT2D eigenvalue weighted by molar-refractivity contribution is 0.162. The van der Waals surface area contributed by atoms with Crippen LogP contribution in [0.25, 0.3) is 0 Å². The quantitative estimate of drug-likeness (QED) is 0.828. The highest BCUT2D eigenvalue weighted by atomic mass is 15.2. The fraction of sp³-hybridized carbons (Fsp3) is 1.00. The van der Waals surface area contributed by atoms with Gasteiger partial charge in [-0.15, -0.1) is 0 Å². The van der Waals surface area contributed by atoms with Gasteiger partial charge < -0.3 is 15.5 Å². The first kappa shape index (κ1) is 15.3.